The van der Waals surface area contributed by atoms with Gasteiger partial charge in [-0.05, 0) is 285 Å². The van der Waals surface area contributed by atoms with E-state index in [4.69, 9.17) is 0 Å². The zero-order valence-corrected chi connectivity index (χ0v) is 74.1. The Morgan fingerprint density at radius 2 is 0.224 bits per heavy atom. The molecular weight excluding hydrogens is 1690 g/mol. The van der Waals surface area contributed by atoms with E-state index in [1.165, 1.54) is 120 Å². The van der Waals surface area contributed by atoms with Crippen molar-refractivity contribution < 1.29 is 0 Å². The molecular formula is C126H78BrN7. The van der Waals surface area contributed by atoms with Gasteiger partial charge in [0.05, 0.1) is 77.2 Å². The molecule has 7 nitrogen and oxygen atoms in total. The third kappa shape index (κ3) is 11.8. The summed E-state index contributed by atoms with van der Waals surface area (Å²) in [6.07, 6.45) is 0. The lowest BCUT2D eigenvalue weighted by atomic mass is 10.00. The van der Waals surface area contributed by atoms with Gasteiger partial charge in [0.15, 0.2) is 0 Å². The van der Waals surface area contributed by atoms with Crippen LogP contribution in [0.15, 0.2) is 478 Å². The van der Waals surface area contributed by atoms with Crippen molar-refractivity contribution in [3.63, 3.8) is 0 Å². The van der Waals surface area contributed by atoms with E-state index in [1.54, 1.807) is 0 Å². The Labute approximate surface area is 779 Å². The summed E-state index contributed by atoms with van der Waals surface area (Å²) in [6.45, 7) is 0. The summed E-state index contributed by atoms with van der Waals surface area (Å²) in [5, 5.41) is 17.2. The van der Waals surface area contributed by atoms with Gasteiger partial charge in [-0.1, -0.05) is 271 Å². The minimum absolute atomic E-state index is 1.04. The number of benzene rings is 21. The summed E-state index contributed by atoms with van der Waals surface area (Å²) in [6, 6.07) is 176. The largest absolute Gasteiger partial charge is 0.309 e. The van der Waals surface area contributed by atoms with Crippen LogP contribution in [-0.4, -0.2) is 32.0 Å². The lowest BCUT2D eigenvalue weighted by molar-refractivity contribution is 1.18. The van der Waals surface area contributed by atoms with E-state index >= 15 is 0 Å². The van der Waals surface area contributed by atoms with Gasteiger partial charge >= 0.3 is 0 Å². The highest BCUT2D eigenvalue weighted by atomic mass is 79.9. The third-order valence-electron chi connectivity index (χ3n) is 28.5. The fraction of sp³-hybridized carbons (Fsp3) is 0. The second-order valence-electron chi connectivity index (χ2n) is 35.6. The number of halogens is 1. The SMILES string of the molecule is Brc1ccc(-n2c3ccc(-c4ccc(-n5c6ccc(-c7ccc(-n8c9ccccc9c9ccccc98)cc7)cc6c6cc(-c7ccc(-n8c9ccccc9c9ccccc98)cc7)ccc65)cc4)cc3c3cc(-c4ccc(-n5c6ccc(-c7ccc(-n8c9ccccc9c9ccccc98)cc7)cc6c6cc(-c7ccc(-n8c9ccccc9c9ccccc98)cc7)ccc65)cc4)ccc32)cc1. The maximum Gasteiger partial charge on any atom is 0.0541 e. The van der Waals surface area contributed by atoms with Crippen molar-refractivity contribution in [3.8, 4) is 107 Å². The van der Waals surface area contributed by atoms with E-state index in [1.807, 2.05) is 0 Å². The number of fused-ring (bicyclic) bond motifs is 21. The second kappa shape index (κ2) is 29.9. The van der Waals surface area contributed by atoms with Crippen molar-refractivity contribution in [1.82, 2.24) is 32.0 Å². The second-order valence-corrected chi connectivity index (χ2v) is 36.5. The molecule has 0 aliphatic carbocycles. The Kier molecular flexibility index (Phi) is 16.9. The highest BCUT2D eigenvalue weighted by Crippen LogP contribution is 2.46. The summed E-state index contributed by atoms with van der Waals surface area (Å²) in [5.41, 5.74) is 38.1. The lowest BCUT2D eigenvalue weighted by Crippen LogP contribution is -1.95. The standard InChI is InChI=1S/C126H78BrN7/c127-91-51-65-98(66-52-91)134-125-71-49-89(83-41-61-96(62-42-83)132-121-67-45-85(79-33-53-92(54-34-79)128-113-25-9-1-17-99(113)100-18-2-10-26-114(100)128)73-107(121)108-74-86(46-68-122(108)132)80-35-55-93(56-36-80)129-115-27-11-3-19-101(115)102-20-4-12-28-116(102)129)77-111(125)112-78-90(50-72-126(112)134)84-43-63-97(64-44-84)133-123-69-47-87(81-37-57-94(58-38-81)130-117-29-13-5-21-103(117)104-22-6-14-30-118(104)130)75-109(123)110-76-88(48-70-124(110)133)82-39-59-95(60-40-82)131-119-31-15-7-23-105(119)106-24-8-16-32-120(106)131/h1-78H. The molecule has 134 heavy (non-hydrogen) atoms. The summed E-state index contributed by atoms with van der Waals surface area (Å²) in [7, 11) is 0. The predicted molar refractivity (Wildman–Crippen MR) is 567 cm³/mol. The predicted octanol–water partition coefficient (Wildman–Crippen LogP) is 34.1. The lowest BCUT2D eigenvalue weighted by Gasteiger charge is -2.11. The molecule has 0 radical (unpaired) electrons. The van der Waals surface area contributed by atoms with Crippen molar-refractivity contribution in [2.75, 3.05) is 0 Å². The quantitative estimate of drug-likeness (QED) is 0.110. The van der Waals surface area contributed by atoms with Crippen LogP contribution < -0.4 is 0 Å². The Balaban J connectivity index is 0.531. The molecule has 0 fully saturated rings. The van der Waals surface area contributed by atoms with Crippen LogP contribution in [0.25, 0.3) is 259 Å². The first kappa shape index (κ1) is 75.7. The molecule has 0 aliphatic heterocycles. The summed E-state index contributed by atoms with van der Waals surface area (Å²) in [5.74, 6) is 0. The van der Waals surface area contributed by atoms with Crippen molar-refractivity contribution in [3.05, 3.63) is 478 Å². The van der Waals surface area contributed by atoms with Crippen LogP contribution in [0.4, 0.5) is 0 Å². The van der Waals surface area contributed by atoms with E-state index < -0.39 is 0 Å². The maximum absolute atomic E-state index is 3.76. The fourth-order valence-corrected chi connectivity index (χ4v) is 22.5. The molecule has 0 aliphatic rings. The van der Waals surface area contributed by atoms with E-state index in [9.17, 15) is 0 Å². The van der Waals surface area contributed by atoms with E-state index in [0.717, 1.165) is 144 Å². The smallest absolute Gasteiger partial charge is 0.0541 e. The topological polar surface area (TPSA) is 34.5 Å². The van der Waals surface area contributed by atoms with Gasteiger partial charge in [0.1, 0.15) is 0 Å². The Morgan fingerprint density at radius 3 is 0.373 bits per heavy atom. The summed E-state index contributed by atoms with van der Waals surface area (Å²) in [4.78, 5) is 0. The average Bonchev–Trinajstić information content (AvgIpc) is 1.59. The summed E-state index contributed by atoms with van der Waals surface area (Å²) >= 11 is 3.76. The molecule has 8 heteroatoms. The highest BCUT2D eigenvalue weighted by Gasteiger charge is 2.24. The number of aromatic nitrogens is 7. The molecule has 0 atom stereocenters. The van der Waals surface area contributed by atoms with Crippen LogP contribution in [0.3, 0.4) is 0 Å². The number of rotatable bonds is 13. The molecule has 7 heterocycles. The molecule has 0 saturated carbocycles. The van der Waals surface area contributed by atoms with Gasteiger partial charge < -0.3 is 32.0 Å². The number of nitrogens with zero attached hydrogens (tertiary/aromatic N) is 7. The Morgan fingerprint density at radius 1 is 0.104 bits per heavy atom. The highest BCUT2D eigenvalue weighted by molar-refractivity contribution is 9.10. The fourth-order valence-electron chi connectivity index (χ4n) is 22.2. The van der Waals surface area contributed by atoms with Crippen LogP contribution >= 0.6 is 15.9 Å². The molecule has 28 aromatic rings. The normalized spacial score (nSPS) is 12.1. The molecule has 0 N–H and O–H groups in total. The van der Waals surface area contributed by atoms with Gasteiger partial charge in [-0.2, -0.15) is 0 Å². The van der Waals surface area contributed by atoms with Crippen LogP contribution in [0.2, 0.25) is 0 Å². The molecule has 21 aromatic carbocycles. The van der Waals surface area contributed by atoms with Crippen LogP contribution in [-0.2, 0) is 0 Å². The van der Waals surface area contributed by atoms with Gasteiger partial charge in [-0.3, -0.25) is 0 Å². The van der Waals surface area contributed by atoms with E-state index in [-0.39, 0.29) is 0 Å². The van der Waals surface area contributed by atoms with Crippen molar-refractivity contribution >= 4 is 169 Å². The van der Waals surface area contributed by atoms with Crippen molar-refractivity contribution in [2.24, 2.45) is 0 Å². The first-order valence-corrected chi connectivity index (χ1v) is 46.7. The van der Waals surface area contributed by atoms with Gasteiger partial charge in [-0.25, -0.2) is 0 Å². The minimum atomic E-state index is 1.04. The number of hydrogen-bond donors (Lipinski definition) is 0. The van der Waals surface area contributed by atoms with Crippen LogP contribution in [0.1, 0.15) is 0 Å². The van der Waals surface area contributed by atoms with Gasteiger partial charge in [-0.15, -0.1) is 0 Å². The minimum Gasteiger partial charge on any atom is -0.309 e. The molecule has 0 unspecified atom stereocenters. The van der Waals surface area contributed by atoms with Crippen molar-refractivity contribution in [2.45, 2.75) is 0 Å². The average molecular weight is 1770 g/mol. The molecule has 0 amide bonds. The van der Waals surface area contributed by atoms with E-state index in [0.29, 0.717) is 0 Å². The molecule has 624 valence electrons. The first-order chi connectivity index (χ1) is 66.3. The molecule has 0 saturated heterocycles. The molecule has 7 aromatic heterocycles. The Bertz CT molecular complexity index is 8540. The monoisotopic (exact) mass is 1770 g/mol. The zero-order valence-electron chi connectivity index (χ0n) is 72.5. The number of para-hydroxylation sites is 8. The number of hydrogen-bond acceptors (Lipinski definition) is 0. The van der Waals surface area contributed by atoms with Gasteiger partial charge in [0.2, 0.25) is 0 Å². The Hall–Kier alpha value is -17.3. The van der Waals surface area contributed by atoms with Crippen LogP contribution in [0.5, 0.6) is 0 Å². The van der Waals surface area contributed by atoms with Crippen molar-refractivity contribution in [1.29, 1.82) is 0 Å². The zero-order chi connectivity index (χ0) is 87.9. The van der Waals surface area contributed by atoms with Crippen LogP contribution in [0, 0.1) is 0 Å². The van der Waals surface area contributed by atoms with Gasteiger partial charge in [0.25, 0.3) is 0 Å². The molecule has 28 rings (SSSR count). The first-order valence-electron chi connectivity index (χ1n) is 45.9. The molecule has 0 spiro atoms. The maximum atomic E-state index is 3.76. The van der Waals surface area contributed by atoms with E-state index in [2.05, 4.69) is 521 Å². The van der Waals surface area contributed by atoms with Gasteiger partial charge in [0, 0.05) is 120 Å². The third-order valence-corrected chi connectivity index (χ3v) is 29.0. The molecule has 0 bridgehead atoms. The summed E-state index contributed by atoms with van der Waals surface area (Å²) < 4.78 is 17.9.